The van der Waals surface area contributed by atoms with E-state index in [1.807, 2.05) is 101 Å². The summed E-state index contributed by atoms with van der Waals surface area (Å²) in [7, 11) is 0. The first-order chi connectivity index (χ1) is 17.2. The van der Waals surface area contributed by atoms with Gasteiger partial charge in [-0.15, -0.1) is 23.5 Å². The molecule has 3 aliphatic rings. The van der Waals surface area contributed by atoms with E-state index in [9.17, 15) is 4.79 Å². The molecule has 35 heavy (non-hydrogen) atoms. The molecule has 0 fully saturated rings. The second kappa shape index (κ2) is 10.7. The van der Waals surface area contributed by atoms with E-state index >= 15 is 0 Å². The molecular formula is C24H16N4OS6. The number of aromatic nitrogens is 3. The third-order valence-electron chi connectivity index (χ3n) is 4.89. The maximum absolute atomic E-state index is 13.2. The maximum atomic E-state index is 13.2. The van der Waals surface area contributed by atoms with Gasteiger partial charge < -0.3 is 5.32 Å². The van der Waals surface area contributed by atoms with Gasteiger partial charge >= 0.3 is 0 Å². The monoisotopic (exact) mass is 568 g/mol. The molecule has 1 amide bonds. The Balaban J connectivity index is 1.23. The minimum atomic E-state index is -0.127. The zero-order valence-corrected chi connectivity index (χ0v) is 22.9. The van der Waals surface area contributed by atoms with E-state index in [1.165, 1.54) is 28.5 Å². The molecule has 174 valence electrons. The second-order valence-corrected chi connectivity index (χ2v) is 14.5. The molecule has 0 atom stereocenters. The van der Waals surface area contributed by atoms with Crippen LogP contribution in [-0.2, 0) is 4.79 Å². The molecule has 0 saturated carbocycles. The van der Waals surface area contributed by atoms with Crippen LogP contribution >= 0.6 is 70.6 Å². The molecule has 0 aromatic carbocycles. The van der Waals surface area contributed by atoms with Gasteiger partial charge in [-0.3, -0.25) is 14.8 Å². The quantitative estimate of drug-likeness (QED) is 0.339. The highest BCUT2D eigenvalue weighted by molar-refractivity contribution is 8.43. The van der Waals surface area contributed by atoms with Crippen LogP contribution in [0.3, 0.4) is 0 Å². The molecule has 3 aliphatic heterocycles. The Labute approximate surface area is 228 Å². The number of carbonyl (C=O) groups is 1. The number of amides is 1. The highest BCUT2D eigenvalue weighted by Crippen LogP contribution is 2.63. The van der Waals surface area contributed by atoms with Crippen molar-refractivity contribution in [3.8, 4) is 22.8 Å². The van der Waals surface area contributed by atoms with Crippen LogP contribution in [0.4, 0.5) is 5.69 Å². The zero-order chi connectivity index (χ0) is 23.6. The van der Waals surface area contributed by atoms with Gasteiger partial charge in [0, 0.05) is 29.6 Å². The van der Waals surface area contributed by atoms with Gasteiger partial charge in [-0.2, -0.15) is 0 Å². The Bertz CT molecular complexity index is 1310. The molecule has 6 heterocycles. The summed E-state index contributed by atoms with van der Waals surface area (Å²) < 4.78 is 5.28. The van der Waals surface area contributed by atoms with Crippen molar-refractivity contribution in [3.05, 3.63) is 88.2 Å². The van der Waals surface area contributed by atoms with Crippen molar-refractivity contribution < 1.29 is 4.79 Å². The molecule has 0 aliphatic carbocycles. The lowest BCUT2D eigenvalue weighted by Gasteiger charge is -2.10. The average Bonchev–Trinajstić information content (AvgIpc) is 3.57. The van der Waals surface area contributed by atoms with Gasteiger partial charge in [0.15, 0.2) is 0 Å². The smallest absolute Gasteiger partial charge is 0.262 e. The van der Waals surface area contributed by atoms with E-state index in [-0.39, 0.29) is 5.91 Å². The van der Waals surface area contributed by atoms with Crippen LogP contribution in [0.5, 0.6) is 0 Å². The standard InChI is InChI=1S/C24H16N4OS6/c29-20(19-13-32-23(33-19)24-34-21-22(35-24)31-10-9-30-21)27-14-11-17(15-5-1-3-7-25-15)28-18(12-14)16-6-2-4-8-26-16/h1-8,11-13H,9-10H2,(H,27,28,29). The van der Waals surface area contributed by atoms with E-state index in [2.05, 4.69) is 15.3 Å². The van der Waals surface area contributed by atoms with E-state index in [1.54, 1.807) is 35.9 Å². The van der Waals surface area contributed by atoms with Crippen LogP contribution < -0.4 is 5.32 Å². The summed E-state index contributed by atoms with van der Waals surface area (Å²) in [5.41, 5.74) is 3.49. The molecule has 3 aromatic rings. The molecule has 5 nitrogen and oxygen atoms in total. The third-order valence-corrected chi connectivity index (χ3v) is 13.6. The Morgan fingerprint density at radius 3 is 1.94 bits per heavy atom. The lowest BCUT2D eigenvalue weighted by Crippen LogP contribution is -2.12. The van der Waals surface area contributed by atoms with Crippen LogP contribution in [0.1, 0.15) is 0 Å². The molecule has 3 aromatic heterocycles. The first-order valence-electron chi connectivity index (χ1n) is 10.5. The minimum absolute atomic E-state index is 0.127. The van der Waals surface area contributed by atoms with Crippen LogP contribution in [0.2, 0.25) is 0 Å². The average molecular weight is 569 g/mol. The molecule has 0 saturated heterocycles. The Hall–Kier alpha value is -1.76. The van der Waals surface area contributed by atoms with Gasteiger partial charge in [-0.05, 0) is 41.8 Å². The molecule has 1 N–H and O–H groups in total. The fraction of sp³-hybridized carbons (Fsp3) is 0.0833. The first kappa shape index (κ1) is 23.6. The lowest BCUT2D eigenvalue weighted by atomic mass is 10.1. The lowest BCUT2D eigenvalue weighted by molar-refractivity contribution is -0.112. The van der Waals surface area contributed by atoms with E-state index < -0.39 is 0 Å². The molecule has 6 rings (SSSR count). The highest BCUT2D eigenvalue weighted by Gasteiger charge is 2.30. The third kappa shape index (κ3) is 5.35. The molecule has 0 unspecified atom stereocenters. The number of carbonyl (C=O) groups excluding carboxylic acids is 1. The second-order valence-electron chi connectivity index (χ2n) is 7.26. The summed E-state index contributed by atoms with van der Waals surface area (Å²) in [4.78, 5) is 27.5. The van der Waals surface area contributed by atoms with Gasteiger partial charge in [0.1, 0.15) is 0 Å². The van der Waals surface area contributed by atoms with Crippen molar-refractivity contribution in [2.24, 2.45) is 0 Å². The number of hydrogen-bond acceptors (Lipinski definition) is 10. The molecular weight excluding hydrogens is 553 g/mol. The summed E-state index contributed by atoms with van der Waals surface area (Å²) >= 11 is 10.7. The normalized spacial score (nSPS) is 17.4. The Morgan fingerprint density at radius 2 is 1.37 bits per heavy atom. The van der Waals surface area contributed by atoms with Crippen molar-refractivity contribution in [1.29, 1.82) is 0 Å². The van der Waals surface area contributed by atoms with Crippen molar-refractivity contribution in [2.75, 3.05) is 16.8 Å². The number of hydrogen-bond donors (Lipinski definition) is 1. The number of pyridine rings is 3. The van der Waals surface area contributed by atoms with E-state index in [0.29, 0.717) is 22.0 Å². The highest BCUT2D eigenvalue weighted by atomic mass is 32.3. The SMILES string of the molecule is O=C(Nc1cc(-c2ccccn2)nc(-c2ccccn2)c1)C1=CSC(=C2SC3=C(SCCS3)S2)S1. The predicted octanol–water partition coefficient (Wildman–Crippen LogP) is 7.68. The molecule has 0 spiro atoms. The summed E-state index contributed by atoms with van der Waals surface area (Å²) in [6, 6.07) is 15.1. The minimum Gasteiger partial charge on any atom is -0.321 e. The Morgan fingerprint density at radius 1 is 0.743 bits per heavy atom. The fourth-order valence-corrected chi connectivity index (χ4v) is 11.8. The van der Waals surface area contributed by atoms with Crippen LogP contribution in [0, 0.1) is 0 Å². The first-order valence-corrected chi connectivity index (χ1v) is 15.8. The molecule has 0 radical (unpaired) electrons. The Kier molecular flexibility index (Phi) is 7.22. The molecule has 0 bridgehead atoms. The number of anilines is 1. The van der Waals surface area contributed by atoms with E-state index in [0.717, 1.165) is 11.4 Å². The predicted molar refractivity (Wildman–Crippen MR) is 157 cm³/mol. The zero-order valence-electron chi connectivity index (χ0n) is 18.0. The summed E-state index contributed by atoms with van der Waals surface area (Å²) in [6.45, 7) is 0. The number of nitrogens with one attached hydrogen (secondary N) is 1. The summed E-state index contributed by atoms with van der Waals surface area (Å²) in [5.74, 6) is 2.20. The van der Waals surface area contributed by atoms with Crippen molar-refractivity contribution in [3.63, 3.8) is 0 Å². The summed E-state index contributed by atoms with van der Waals surface area (Å²) in [6.07, 6.45) is 3.47. The largest absolute Gasteiger partial charge is 0.321 e. The van der Waals surface area contributed by atoms with Crippen molar-refractivity contribution >= 4 is 82.2 Å². The van der Waals surface area contributed by atoms with Gasteiger partial charge in [0.25, 0.3) is 5.91 Å². The van der Waals surface area contributed by atoms with Crippen LogP contribution in [-0.4, -0.2) is 32.4 Å². The van der Waals surface area contributed by atoms with Gasteiger partial charge in [-0.1, -0.05) is 59.2 Å². The summed E-state index contributed by atoms with van der Waals surface area (Å²) in [5, 5.41) is 5.02. The van der Waals surface area contributed by atoms with Crippen LogP contribution in [0.25, 0.3) is 22.8 Å². The fourth-order valence-electron chi connectivity index (χ4n) is 3.33. The number of nitrogens with zero attached hydrogens (tertiary/aromatic N) is 3. The maximum Gasteiger partial charge on any atom is 0.262 e. The van der Waals surface area contributed by atoms with Crippen molar-refractivity contribution in [1.82, 2.24) is 15.0 Å². The van der Waals surface area contributed by atoms with Crippen LogP contribution in [0.15, 0.2) is 88.2 Å². The van der Waals surface area contributed by atoms with Gasteiger partial charge in [0.2, 0.25) is 0 Å². The number of thioether (sulfide) groups is 6. The van der Waals surface area contributed by atoms with Gasteiger partial charge in [0.05, 0.1) is 44.6 Å². The number of rotatable bonds is 4. The topological polar surface area (TPSA) is 67.8 Å². The molecule has 11 heteroatoms. The van der Waals surface area contributed by atoms with Gasteiger partial charge in [-0.25, -0.2) is 4.98 Å². The van der Waals surface area contributed by atoms with Crippen molar-refractivity contribution in [2.45, 2.75) is 0 Å². The van der Waals surface area contributed by atoms with E-state index in [4.69, 9.17) is 4.98 Å².